The number of primary amides is 1. The number of benzene rings is 2. The van der Waals surface area contributed by atoms with Crippen molar-refractivity contribution in [3.8, 4) is 11.1 Å². The first kappa shape index (κ1) is 19.4. The van der Waals surface area contributed by atoms with Gasteiger partial charge in [-0.25, -0.2) is 0 Å². The highest BCUT2D eigenvalue weighted by Crippen LogP contribution is 2.35. The Labute approximate surface area is 156 Å². The molecule has 2 aromatic rings. The summed E-state index contributed by atoms with van der Waals surface area (Å²) in [5, 5.41) is 0. The summed E-state index contributed by atoms with van der Waals surface area (Å²) in [4.78, 5) is 16.2. The van der Waals surface area contributed by atoms with Gasteiger partial charge in [-0.2, -0.15) is 13.2 Å². The molecule has 0 unspecified atom stereocenters. The maximum absolute atomic E-state index is 13.3. The Morgan fingerprint density at radius 3 is 2.33 bits per heavy atom. The van der Waals surface area contributed by atoms with Gasteiger partial charge in [-0.05, 0) is 41.9 Å². The molecule has 1 fully saturated rings. The first-order chi connectivity index (χ1) is 12.8. The van der Waals surface area contributed by atoms with E-state index in [1.165, 1.54) is 12.1 Å². The van der Waals surface area contributed by atoms with Gasteiger partial charge in [-0.1, -0.05) is 24.3 Å². The molecular weight excluding hydrogens is 355 g/mol. The van der Waals surface area contributed by atoms with Crippen LogP contribution in [0, 0.1) is 0 Å². The highest BCUT2D eigenvalue weighted by molar-refractivity contribution is 6.00. The number of carbonyl (C=O) groups excluding carboxylic acids is 1. The molecule has 1 aliphatic heterocycles. The predicted octanol–water partition coefficient (Wildman–Crippen LogP) is 3.22. The summed E-state index contributed by atoms with van der Waals surface area (Å²) >= 11 is 0. The largest absolute Gasteiger partial charge is 0.416 e. The Bertz CT molecular complexity index is 827. The van der Waals surface area contributed by atoms with Crippen LogP contribution >= 0.6 is 0 Å². The molecule has 0 aromatic heterocycles. The average molecular weight is 377 g/mol. The second-order valence-electron chi connectivity index (χ2n) is 6.86. The molecule has 7 heteroatoms. The van der Waals surface area contributed by atoms with Crippen LogP contribution in [-0.2, 0) is 12.7 Å². The molecule has 2 N–H and O–H groups in total. The van der Waals surface area contributed by atoms with E-state index in [9.17, 15) is 18.0 Å². The fraction of sp³-hybridized carbons (Fsp3) is 0.350. The van der Waals surface area contributed by atoms with Crippen LogP contribution in [-0.4, -0.2) is 48.9 Å². The number of hydrogen-bond donors (Lipinski definition) is 1. The van der Waals surface area contributed by atoms with Crippen molar-refractivity contribution in [2.75, 3.05) is 33.2 Å². The number of piperazine rings is 1. The monoisotopic (exact) mass is 377 g/mol. The van der Waals surface area contributed by atoms with E-state index in [-0.39, 0.29) is 5.56 Å². The van der Waals surface area contributed by atoms with Crippen molar-refractivity contribution in [3.63, 3.8) is 0 Å². The van der Waals surface area contributed by atoms with Crippen molar-refractivity contribution in [3.05, 3.63) is 59.2 Å². The van der Waals surface area contributed by atoms with Crippen molar-refractivity contribution >= 4 is 5.91 Å². The highest BCUT2D eigenvalue weighted by atomic mass is 19.4. The molecule has 0 saturated carbocycles. The van der Waals surface area contributed by atoms with Crippen LogP contribution in [0.5, 0.6) is 0 Å². The zero-order valence-corrected chi connectivity index (χ0v) is 15.1. The van der Waals surface area contributed by atoms with E-state index in [1.807, 2.05) is 7.05 Å². The van der Waals surface area contributed by atoms with Crippen molar-refractivity contribution in [1.82, 2.24) is 9.80 Å². The number of alkyl halides is 3. The van der Waals surface area contributed by atoms with Crippen LogP contribution in [0.3, 0.4) is 0 Å². The smallest absolute Gasteiger partial charge is 0.366 e. The topological polar surface area (TPSA) is 49.6 Å². The van der Waals surface area contributed by atoms with Gasteiger partial charge in [0.15, 0.2) is 0 Å². The van der Waals surface area contributed by atoms with Crippen molar-refractivity contribution in [1.29, 1.82) is 0 Å². The summed E-state index contributed by atoms with van der Waals surface area (Å²) in [6.45, 7) is 4.03. The van der Waals surface area contributed by atoms with Gasteiger partial charge in [0.05, 0.1) is 5.56 Å². The molecular formula is C20H22F3N3O. The minimum Gasteiger partial charge on any atom is -0.366 e. The van der Waals surface area contributed by atoms with E-state index in [2.05, 4.69) is 9.80 Å². The van der Waals surface area contributed by atoms with Crippen molar-refractivity contribution in [2.24, 2.45) is 5.73 Å². The average Bonchev–Trinajstić information content (AvgIpc) is 2.63. The van der Waals surface area contributed by atoms with Crippen LogP contribution in [0.1, 0.15) is 21.5 Å². The number of amides is 1. The van der Waals surface area contributed by atoms with Gasteiger partial charge in [0.1, 0.15) is 0 Å². The van der Waals surface area contributed by atoms with Crippen LogP contribution in [0.15, 0.2) is 42.5 Å². The van der Waals surface area contributed by atoms with Crippen LogP contribution in [0.4, 0.5) is 13.2 Å². The fourth-order valence-corrected chi connectivity index (χ4v) is 3.32. The van der Waals surface area contributed by atoms with Crippen LogP contribution in [0.25, 0.3) is 11.1 Å². The van der Waals surface area contributed by atoms with Gasteiger partial charge < -0.3 is 10.6 Å². The van der Waals surface area contributed by atoms with Gasteiger partial charge in [0.25, 0.3) is 0 Å². The number of likely N-dealkylation sites (N-methyl/N-ethyl adjacent to an activating group) is 1. The van der Waals surface area contributed by atoms with E-state index >= 15 is 0 Å². The van der Waals surface area contributed by atoms with Gasteiger partial charge >= 0.3 is 6.18 Å². The third-order valence-corrected chi connectivity index (χ3v) is 4.91. The number of hydrogen-bond acceptors (Lipinski definition) is 3. The Balaban J connectivity index is 2.05. The van der Waals surface area contributed by atoms with E-state index in [4.69, 9.17) is 5.73 Å². The molecule has 3 rings (SSSR count). The standard InChI is InChI=1S/C20H22F3N3O/c1-25-8-10-26(11-9-25)13-14-6-7-15(20(21,22)23)12-18(14)16-4-2-3-5-17(16)19(24)27/h2-7,12H,8-11,13H2,1H3,(H2,24,27). The quantitative estimate of drug-likeness (QED) is 0.890. The maximum Gasteiger partial charge on any atom is 0.416 e. The molecule has 1 heterocycles. The van der Waals surface area contributed by atoms with E-state index in [0.29, 0.717) is 17.7 Å². The third kappa shape index (κ3) is 4.48. The minimum absolute atomic E-state index is 0.219. The maximum atomic E-state index is 13.3. The lowest BCUT2D eigenvalue weighted by Crippen LogP contribution is -2.43. The Morgan fingerprint density at radius 1 is 1.04 bits per heavy atom. The normalized spacial score (nSPS) is 16.4. The number of carbonyl (C=O) groups is 1. The molecule has 1 amide bonds. The molecule has 0 bridgehead atoms. The highest BCUT2D eigenvalue weighted by Gasteiger charge is 2.31. The lowest BCUT2D eigenvalue weighted by molar-refractivity contribution is -0.137. The summed E-state index contributed by atoms with van der Waals surface area (Å²) in [6.07, 6.45) is -4.46. The number of nitrogens with zero attached hydrogens (tertiary/aromatic N) is 2. The summed E-state index contributed by atoms with van der Waals surface area (Å²) in [5.74, 6) is -0.659. The second kappa shape index (κ2) is 7.70. The van der Waals surface area contributed by atoms with Gasteiger partial charge in [0.2, 0.25) is 5.91 Å². The van der Waals surface area contributed by atoms with Crippen molar-refractivity contribution < 1.29 is 18.0 Å². The van der Waals surface area contributed by atoms with Crippen LogP contribution in [0.2, 0.25) is 0 Å². The molecule has 0 radical (unpaired) electrons. The molecule has 144 valence electrons. The lowest BCUT2D eigenvalue weighted by atomic mass is 9.93. The molecule has 0 atom stereocenters. The van der Waals surface area contributed by atoms with Gasteiger partial charge in [-0.15, -0.1) is 0 Å². The molecule has 4 nitrogen and oxygen atoms in total. The molecule has 27 heavy (non-hydrogen) atoms. The van der Waals surface area contributed by atoms with Crippen LogP contribution < -0.4 is 5.73 Å². The molecule has 0 aliphatic carbocycles. The number of nitrogens with two attached hydrogens (primary N) is 1. The van der Waals surface area contributed by atoms with Gasteiger partial charge in [0, 0.05) is 38.3 Å². The van der Waals surface area contributed by atoms with E-state index in [0.717, 1.165) is 43.9 Å². The zero-order valence-electron chi connectivity index (χ0n) is 15.1. The van der Waals surface area contributed by atoms with Gasteiger partial charge in [-0.3, -0.25) is 9.69 Å². The summed E-state index contributed by atoms with van der Waals surface area (Å²) in [5.41, 5.74) is 6.51. The fourth-order valence-electron chi connectivity index (χ4n) is 3.32. The zero-order chi connectivity index (χ0) is 19.6. The third-order valence-electron chi connectivity index (χ3n) is 4.91. The molecule has 2 aromatic carbocycles. The molecule has 1 saturated heterocycles. The predicted molar refractivity (Wildman–Crippen MR) is 98.2 cm³/mol. The minimum atomic E-state index is -4.46. The second-order valence-corrected chi connectivity index (χ2v) is 6.86. The summed E-state index contributed by atoms with van der Waals surface area (Å²) in [7, 11) is 2.05. The Hall–Kier alpha value is -2.38. The molecule has 0 spiro atoms. The SMILES string of the molecule is CN1CCN(Cc2ccc(C(F)(F)F)cc2-c2ccccc2C(N)=O)CC1. The Morgan fingerprint density at radius 2 is 1.70 bits per heavy atom. The number of halogens is 3. The summed E-state index contributed by atoms with van der Waals surface area (Å²) < 4.78 is 39.8. The Kier molecular flexibility index (Phi) is 5.53. The van der Waals surface area contributed by atoms with E-state index < -0.39 is 17.6 Å². The number of rotatable bonds is 4. The molecule has 1 aliphatic rings. The van der Waals surface area contributed by atoms with E-state index in [1.54, 1.807) is 18.2 Å². The van der Waals surface area contributed by atoms with Crippen molar-refractivity contribution in [2.45, 2.75) is 12.7 Å². The lowest BCUT2D eigenvalue weighted by Gasteiger charge is -2.33. The summed E-state index contributed by atoms with van der Waals surface area (Å²) in [6, 6.07) is 10.3. The first-order valence-corrected chi connectivity index (χ1v) is 8.76. The first-order valence-electron chi connectivity index (χ1n) is 8.76.